The topological polar surface area (TPSA) is 66.5 Å². The van der Waals surface area contributed by atoms with Crippen molar-refractivity contribution in [1.82, 2.24) is 10.2 Å². The molecule has 0 aromatic rings. The largest absolute Gasteiger partial charge is 0.342 e. The smallest absolute Gasteiger partial charge is 0.224 e. The van der Waals surface area contributed by atoms with Gasteiger partial charge in [0.05, 0.1) is 11.5 Å². The lowest BCUT2D eigenvalue weighted by Gasteiger charge is -2.37. The summed E-state index contributed by atoms with van der Waals surface area (Å²) in [7, 11) is -1.10. The van der Waals surface area contributed by atoms with Crippen LogP contribution in [0.25, 0.3) is 0 Å². The molecule has 2 fully saturated rings. The Balaban J connectivity index is 1.90. The van der Waals surface area contributed by atoms with E-state index in [-0.39, 0.29) is 23.5 Å². The van der Waals surface area contributed by atoms with Crippen LogP contribution in [0.5, 0.6) is 0 Å². The predicted molar refractivity (Wildman–Crippen MR) is 79.3 cm³/mol. The third kappa shape index (κ3) is 3.95. The van der Waals surface area contributed by atoms with E-state index in [4.69, 9.17) is 0 Å². The van der Waals surface area contributed by atoms with E-state index in [2.05, 4.69) is 12.2 Å². The maximum absolute atomic E-state index is 12.4. The van der Waals surface area contributed by atoms with Gasteiger partial charge in [0, 0.05) is 32.1 Å². The molecule has 1 saturated heterocycles. The van der Waals surface area contributed by atoms with Crippen LogP contribution in [0.3, 0.4) is 0 Å². The average Bonchev–Trinajstić information content (AvgIpc) is 2.37. The van der Waals surface area contributed by atoms with E-state index in [1.165, 1.54) is 19.3 Å². The Morgan fingerprint density at radius 3 is 2.65 bits per heavy atom. The van der Waals surface area contributed by atoms with Crippen molar-refractivity contribution < 1.29 is 13.2 Å². The third-order valence-corrected chi connectivity index (χ3v) is 6.42. The van der Waals surface area contributed by atoms with Gasteiger partial charge < -0.3 is 10.2 Å². The molecule has 0 bridgehead atoms. The SMILES string of the molecule is CC1CCCCC1N(C)C(=O)CC1CS(=O)(=O)CCN1. The van der Waals surface area contributed by atoms with Crippen molar-refractivity contribution in [3.63, 3.8) is 0 Å². The first-order valence-corrected chi connectivity index (χ1v) is 9.40. The summed E-state index contributed by atoms with van der Waals surface area (Å²) in [5.41, 5.74) is 0. The molecule has 0 aromatic carbocycles. The summed E-state index contributed by atoms with van der Waals surface area (Å²) in [6.45, 7) is 2.67. The molecule has 0 aromatic heterocycles. The molecule has 5 nitrogen and oxygen atoms in total. The van der Waals surface area contributed by atoms with Crippen LogP contribution in [0, 0.1) is 5.92 Å². The molecule has 1 heterocycles. The first kappa shape index (κ1) is 15.8. The fraction of sp³-hybridized carbons (Fsp3) is 0.929. The van der Waals surface area contributed by atoms with E-state index in [9.17, 15) is 13.2 Å². The van der Waals surface area contributed by atoms with Crippen molar-refractivity contribution in [3.05, 3.63) is 0 Å². The number of rotatable bonds is 3. The van der Waals surface area contributed by atoms with Crippen LogP contribution in [0.2, 0.25) is 0 Å². The van der Waals surface area contributed by atoms with Gasteiger partial charge in [-0.25, -0.2) is 8.42 Å². The number of carbonyl (C=O) groups excluding carboxylic acids is 1. The fourth-order valence-corrected chi connectivity index (χ4v) is 4.85. The number of amides is 1. The Bertz CT molecular complexity index is 449. The van der Waals surface area contributed by atoms with E-state index in [0.29, 0.717) is 24.9 Å². The molecule has 20 heavy (non-hydrogen) atoms. The van der Waals surface area contributed by atoms with Gasteiger partial charge in [0.1, 0.15) is 0 Å². The number of nitrogens with one attached hydrogen (secondary N) is 1. The minimum atomic E-state index is -2.97. The second-order valence-corrected chi connectivity index (χ2v) is 8.53. The second-order valence-electron chi connectivity index (χ2n) is 6.30. The van der Waals surface area contributed by atoms with Crippen molar-refractivity contribution in [2.24, 2.45) is 5.92 Å². The highest BCUT2D eigenvalue weighted by Crippen LogP contribution is 2.27. The normalized spacial score (nSPS) is 33.6. The molecule has 1 amide bonds. The number of hydrogen-bond donors (Lipinski definition) is 1. The lowest BCUT2D eigenvalue weighted by Crippen LogP contribution is -2.49. The van der Waals surface area contributed by atoms with Gasteiger partial charge in [0.2, 0.25) is 5.91 Å². The van der Waals surface area contributed by atoms with E-state index in [0.717, 1.165) is 6.42 Å². The number of carbonyl (C=O) groups is 1. The van der Waals surface area contributed by atoms with Crippen molar-refractivity contribution in [2.75, 3.05) is 25.1 Å². The third-order valence-electron chi connectivity index (χ3n) is 4.68. The molecule has 116 valence electrons. The molecule has 2 rings (SSSR count). The molecule has 1 aliphatic carbocycles. The zero-order valence-electron chi connectivity index (χ0n) is 12.5. The Morgan fingerprint density at radius 2 is 2.00 bits per heavy atom. The highest BCUT2D eigenvalue weighted by molar-refractivity contribution is 7.91. The highest BCUT2D eigenvalue weighted by atomic mass is 32.2. The molecule has 2 aliphatic rings. The van der Waals surface area contributed by atoms with Gasteiger partial charge in [-0.3, -0.25) is 4.79 Å². The van der Waals surface area contributed by atoms with Gasteiger partial charge in [-0.05, 0) is 18.8 Å². The van der Waals surface area contributed by atoms with Crippen LogP contribution in [-0.2, 0) is 14.6 Å². The summed E-state index contributed by atoms with van der Waals surface area (Å²) in [5, 5.41) is 3.15. The Hall–Kier alpha value is -0.620. The molecular formula is C14H26N2O3S. The van der Waals surface area contributed by atoms with Crippen LogP contribution in [0.15, 0.2) is 0 Å². The lowest BCUT2D eigenvalue weighted by atomic mass is 9.85. The van der Waals surface area contributed by atoms with Crippen LogP contribution < -0.4 is 5.32 Å². The first-order valence-electron chi connectivity index (χ1n) is 7.58. The van der Waals surface area contributed by atoms with E-state index in [1.54, 1.807) is 0 Å². The van der Waals surface area contributed by atoms with E-state index in [1.807, 2.05) is 11.9 Å². The maximum Gasteiger partial charge on any atom is 0.224 e. The summed E-state index contributed by atoms with van der Waals surface area (Å²) in [6, 6.07) is 0.0963. The average molecular weight is 302 g/mol. The van der Waals surface area contributed by atoms with Crippen molar-refractivity contribution in [3.8, 4) is 0 Å². The standard InChI is InChI=1S/C14H26N2O3S/c1-11-5-3-4-6-13(11)16(2)14(17)9-12-10-20(18,19)8-7-15-12/h11-13,15H,3-10H2,1-2H3. The van der Waals surface area contributed by atoms with Gasteiger partial charge in [0.25, 0.3) is 0 Å². The van der Waals surface area contributed by atoms with E-state index < -0.39 is 9.84 Å². The van der Waals surface area contributed by atoms with Crippen LogP contribution in [0.1, 0.15) is 39.0 Å². The zero-order chi connectivity index (χ0) is 14.8. The van der Waals surface area contributed by atoms with Gasteiger partial charge in [0.15, 0.2) is 9.84 Å². The molecule has 3 unspecified atom stereocenters. The fourth-order valence-electron chi connectivity index (χ4n) is 3.41. The summed E-state index contributed by atoms with van der Waals surface area (Å²) in [4.78, 5) is 14.2. The summed E-state index contributed by atoms with van der Waals surface area (Å²) in [5.74, 6) is 0.888. The molecule has 1 N–H and O–H groups in total. The van der Waals surface area contributed by atoms with Gasteiger partial charge in [-0.15, -0.1) is 0 Å². The van der Waals surface area contributed by atoms with Crippen LogP contribution in [-0.4, -0.2) is 56.4 Å². The summed E-state index contributed by atoms with van der Waals surface area (Å²) >= 11 is 0. The zero-order valence-corrected chi connectivity index (χ0v) is 13.3. The molecule has 6 heteroatoms. The lowest BCUT2D eigenvalue weighted by molar-refractivity contribution is -0.134. The van der Waals surface area contributed by atoms with Crippen molar-refractivity contribution >= 4 is 15.7 Å². The number of hydrogen-bond acceptors (Lipinski definition) is 4. The molecule has 1 saturated carbocycles. The molecule has 1 aliphatic heterocycles. The Labute approximate surface area is 122 Å². The Morgan fingerprint density at radius 1 is 1.30 bits per heavy atom. The monoisotopic (exact) mass is 302 g/mol. The van der Waals surface area contributed by atoms with Crippen LogP contribution in [0.4, 0.5) is 0 Å². The molecule has 3 atom stereocenters. The van der Waals surface area contributed by atoms with E-state index >= 15 is 0 Å². The van der Waals surface area contributed by atoms with Crippen molar-refractivity contribution in [2.45, 2.75) is 51.1 Å². The van der Waals surface area contributed by atoms with Gasteiger partial charge >= 0.3 is 0 Å². The summed E-state index contributed by atoms with van der Waals surface area (Å²) in [6.07, 6.45) is 4.97. The van der Waals surface area contributed by atoms with Crippen molar-refractivity contribution in [1.29, 1.82) is 0 Å². The second kappa shape index (κ2) is 6.43. The predicted octanol–water partition coefficient (Wildman–Crippen LogP) is 0.800. The minimum absolute atomic E-state index is 0.0679. The van der Waals surface area contributed by atoms with Crippen LogP contribution >= 0.6 is 0 Å². The quantitative estimate of drug-likeness (QED) is 0.837. The van der Waals surface area contributed by atoms with Gasteiger partial charge in [-0.1, -0.05) is 19.8 Å². The maximum atomic E-state index is 12.4. The molecule has 0 spiro atoms. The molecule has 0 radical (unpaired) electrons. The van der Waals surface area contributed by atoms with Gasteiger partial charge in [-0.2, -0.15) is 0 Å². The number of sulfone groups is 1. The number of nitrogens with zero attached hydrogens (tertiary/aromatic N) is 1. The molecular weight excluding hydrogens is 276 g/mol. The Kier molecular flexibility index (Phi) is 5.07. The first-order chi connectivity index (χ1) is 9.39. The highest BCUT2D eigenvalue weighted by Gasteiger charge is 2.31. The minimum Gasteiger partial charge on any atom is -0.342 e. The summed E-state index contributed by atoms with van der Waals surface area (Å²) < 4.78 is 23.2.